The molecule has 1 aromatic carbocycles. The molecular weight excluding hydrogens is 316 g/mol. The second-order valence-electron chi connectivity index (χ2n) is 5.52. The molecule has 0 spiro atoms. The third-order valence-corrected chi connectivity index (χ3v) is 3.96. The molecule has 0 aliphatic carbocycles. The minimum atomic E-state index is -0.959. The number of aryl methyl sites for hydroxylation is 1. The summed E-state index contributed by atoms with van der Waals surface area (Å²) in [4.78, 5) is 28.3. The number of imidazole rings is 1. The Morgan fingerprint density at radius 1 is 1.17 bits per heavy atom. The van der Waals surface area contributed by atoms with Gasteiger partial charge < -0.3 is 0 Å². The van der Waals surface area contributed by atoms with Gasteiger partial charge in [0.2, 0.25) is 0 Å². The first-order valence-electron chi connectivity index (χ1n) is 7.44. The first-order chi connectivity index (χ1) is 11.4. The topological polar surface area (TPSA) is 56.9 Å². The van der Waals surface area contributed by atoms with E-state index in [0.717, 1.165) is 12.1 Å². The van der Waals surface area contributed by atoms with Crippen molar-refractivity contribution in [2.24, 2.45) is 7.05 Å². The molecule has 2 heterocycles. The molecule has 0 bridgehead atoms. The number of halogens is 2. The zero-order chi connectivity index (χ0) is 17.4. The minimum Gasteiger partial charge on any atom is -0.298 e. The molecule has 5 nitrogen and oxygen atoms in total. The van der Waals surface area contributed by atoms with Crippen molar-refractivity contribution < 1.29 is 13.6 Å². The molecule has 0 unspecified atom stereocenters. The fraction of sp³-hybridized carbons (Fsp3) is 0.235. The monoisotopic (exact) mass is 331 g/mol. The van der Waals surface area contributed by atoms with Gasteiger partial charge in [-0.1, -0.05) is 13.0 Å². The lowest BCUT2D eigenvalue weighted by molar-refractivity contribution is -0.119. The molecule has 0 aliphatic rings. The average Bonchev–Trinajstić information content (AvgIpc) is 2.81. The van der Waals surface area contributed by atoms with Crippen LogP contribution in [-0.4, -0.2) is 19.9 Å². The van der Waals surface area contributed by atoms with E-state index >= 15 is 0 Å². The van der Waals surface area contributed by atoms with Gasteiger partial charge >= 0.3 is 5.69 Å². The number of ketones is 1. The third kappa shape index (κ3) is 2.62. The second-order valence-corrected chi connectivity index (χ2v) is 5.52. The van der Waals surface area contributed by atoms with Crippen LogP contribution in [0.2, 0.25) is 0 Å². The summed E-state index contributed by atoms with van der Waals surface area (Å²) in [5.41, 5.74) is 1.53. The van der Waals surface area contributed by atoms with Crippen LogP contribution in [0.25, 0.3) is 22.3 Å². The van der Waals surface area contributed by atoms with Crippen molar-refractivity contribution >= 4 is 16.9 Å². The largest absolute Gasteiger partial charge is 0.330 e. The minimum absolute atomic E-state index is 0.0460. The number of nitrogens with zero attached hydrogens (tertiary/aromatic N) is 3. The summed E-state index contributed by atoms with van der Waals surface area (Å²) in [6, 6.07) is 5.19. The molecule has 2 aromatic heterocycles. The smallest absolute Gasteiger partial charge is 0.298 e. The Labute approximate surface area is 136 Å². The maximum atomic E-state index is 13.4. The van der Waals surface area contributed by atoms with Crippen molar-refractivity contribution in [2.45, 2.75) is 19.9 Å². The molecule has 0 radical (unpaired) electrons. The van der Waals surface area contributed by atoms with Gasteiger partial charge in [0.05, 0.1) is 12.1 Å². The van der Waals surface area contributed by atoms with Crippen molar-refractivity contribution in [3.05, 3.63) is 52.6 Å². The number of rotatable bonds is 4. The Morgan fingerprint density at radius 3 is 2.58 bits per heavy atom. The average molecular weight is 331 g/mol. The highest BCUT2D eigenvalue weighted by Gasteiger charge is 2.15. The SMILES string of the molecule is CCC(=O)Cn1c(=O)n(C)c2ncc(-c3ccc(F)c(F)c3)cc21. The maximum absolute atomic E-state index is 13.4. The van der Waals surface area contributed by atoms with Crippen LogP contribution >= 0.6 is 0 Å². The van der Waals surface area contributed by atoms with Gasteiger partial charge in [-0.3, -0.25) is 13.9 Å². The van der Waals surface area contributed by atoms with Crippen LogP contribution in [0, 0.1) is 11.6 Å². The molecule has 0 fully saturated rings. The van der Waals surface area contributed by atoms with E-state index in [0.29, 0.717) is 28.7 Å². The summed E-state index contributed by atoms with van der Waals surface area (Å²) in [5.74, 6) is -1.97. The van der Waals surface area contributed by atoms with E-state index in [4.69, 9.17) is 0 Å². The third-order valence-electron chi connectivity index (χ3n) is 3.96. The summed E-state index contributed by atoms with van der Waals surface area (Å²) in [7, 11) is 1.57. The van der Waals surface area contributed by atoms with Gasteiger partial charge in [-0.05, 0) is 23.8 Å². The summed E-state index contributed by atoms with van der Waals surface area (Å²) in [6.07, 6.45) is 1.81. The highest BCUT2D eigenvalue weighted by Crippen LogP contribution is 2.24. The number of carbonyl (C=O) groups is 1. The summed E-state index contributed by atoms with van der Waals surface area (Å²) in [5, 5.41) is 0. The molecule has 0 N–H and O–H groups in total. The fourth-order valence-corrected chi connectivity index (χ4v) is 2.55. The van der Waals surface area contributed by atoms with Crippen LogP contribution in [0.5, 0.6) is 0 Å². The van der Waals surface area contributed by atoms with E-state index < -0.39 is 11.6 Å². The lowest BCUT2D eigenvalue weighted by Gasteiger charge is -2.05. The van der Waals surface area contributed by atoms with Crippen molar-refractivity contribution in [1.82, 2.24) is 14.1 Å². The van der Waals surface area contributed by atoms with Crippen molar-refractivity contribution in [3.8, 4) is 11.1 Å². The number of pyridine rings is 1. The van der Waals surface area contributed by atoms with E-state index in [-0.39, 0.29) is 18.0 Å². The van der Waals surface area contributed by atoms with E-state index in [9.17, 15) is 18.4 Å². The molecule has 124 valence electrons. The summed E-state index contributed by atoms with van der Waals surface area (Å²) in [6.45, 7) is 1.68. The Balaban J connectivity index is 2.19. The van der Waals surface area contributed by atoms with Crippen LogP contribution in [0.15, 0.2) is 35.3 Å². The number of aromatic nitrogens is 3. The van der Waals surface area contributed by atoms with Gasteiger partial charge in [0.25, 0.3) is 0 Å². The van der Waals surface area contributed by atoms with Gasteiger partial charge in [0, 0.05) is 25.2 Å². The Kier molecular flexibility index (Phi) is 4.01. The summed E-state index contributed by atoms with van der Waals surface area (Å²) >= 11 is 0. The van der Waals surface area contributed by atoms with Crippen LogP contribution < -0.4 is 5.69 Å². The quantitative estimate of drug-likeness (QED) is 0.738. The molecule has 7 heteroatoms. The van der Waals surface area contributed by atoms with Crippen LogP contribution in [0.1, 0.15) is 13.3 Å². The number of Topliss-reactive ketones (excluding diaryl/α,β-unsaturated/α-hetero) is 1. The molecule has 0 saturated carbocycles. The first kappa shape index (κ1) is 16.0. The normalized spacial score (nSPS) is 11.2. The van der Waals surface area contributed by atoms with E-state index in [1.54, 1.807) is 20.0 Å². The van der Waals surface area contributed by atoms with Gasteiger partial charge in [-0.25, -0.2) is 18.6 Å². The Bertz CT molecular complexity index is 1000. The number of fused-ring (bicyclic) bond motifs is 1. The summed E-state index contributed by atoms with van der Waals surface area (Å²) < 4.78 is 29.2. The molecule has 24 heavy (non-hydrogen) atoms. The van der Waals surface area contributed by atoms with Crippen molar-refractivity contribution in [3.63, 3.8) is 0 Å². The molecule has 0 atom stereocenters. The molecule has 3 rings (SSSR count). The lowest BCUT2D eigenvalue weighted by atomic mass is 10.1. The molecule has 0 aliphatic heterocycles. The predicted octanol–water partition coefficient (Wildman–Crippen LogP) is 2.66. The number of carbonyl (C=O) groups excluding carboxylic acids is 1. The highest BCUT2D eigenvalue weighted by atomic mass is 19.2. The fourth-order valence-electron chi connectivity index (χ4n) is 2.55. The second kappa shape index (κ2) is 5.99. The lowest BCUT2D eigenvalue weighted by Crippen LogP contribution is -2.25. The van der Waals surface area contributed by atoms with Crippen LogP contribution in [0.3, 0.4) is 0 Å². The maximum Gasteiger partial charge on any atom is 0.330 e. The first-order valence-corrected chi connectivity index (χ1v) is 7.44. The van der Waals surface area contributed by atoms with E-state index in [1.807, 2.05) is 0 Å². The molecular formula is C17H15F2N3O2. The predicted molar refractivity (Wildman–Crippen MR) is 85.6 cm³/mol. The number of benzene rings is 1. The van der Waals surface area contributed by atoms with Gasteiger partial charge in [-0.15, -0.1) is 0 Å². The zero-order valence-corrected chi connectivity index (χ0v) is 13.2. The van der Waals surface area contributed by atoms with Gasteiger partial charge in [-0.2, -0.15) is 0 Å². The van der Waals surface area contributed by atoms with Crippen molar-refractivity contribution in [1.29, 1.82) is 0 Å². The molecule has 0 saturated heterocycles. The van der Waals surface area contributed by atoms with Gasteiger partial charge in [0.1, 0.15) is 0 Å². The molecule has 0 amide bonds. The highest BCUT2D eigenvalue weighted by molar-refractivity contribution is 5.82. The van der Waals surface area contributed by atoms with E-state index in [1.165, 1.54) is 21.4 Å². The number of hydrogen-bond acceptors (Lipinski definition) is 3. The zero-order valence-electron chi connectivity index (χ0n) is 13.2. The van der Waals surface area contributed by atoms with Crippen LogP contribution in [-0.2, 0) is 18.4 Å². The molecule has 3 aromatic rings. The van der Waals surface area contributed by atoms with E-state index in [2.05, 4.69) is 4.98 Å². The Morgan fingerprint density at radius 2 is 1.92 bits per heavy atom. The van der Waals surface area contributed by atoms with Crippen molar-refractivity contribution in [2.75, 3.05) is 0 Å². The Hall–Kier alpha value is -2.83. The van der Waals surface area contributed by atoms with Gasteiger partial charge in [0.15, 0.2) is 23.1 Å². The standard InChI is InChI=1S/C17H15F2N3O2/c1-3-12(23)9-22-15-7-11(8-20-16(15)21(2)17(22)24)10-4-5-13(18)14(19)6-10/h4-8H,3,9H2,1-2H3. The van der Waals surface area contributed by atoms with Crippen LogP contribution in [0.4, 0.5) is 8.78 Å². The number of hydrogen-bond donors (Lipinski definition) is 0.